The minimum Gasteiger partial charge on any atom is -0.497 e. The van der Waals surface area contributed by atoms with Gasteiger partial charge < -0.3 is 24.6 Å². The predicted octanol–water partition coefficient (Wildman–Crippen LogP) is 3.78. The minimum absolute atomic E-state index is 0.0644. The quantitative estimate of drug-likeness (QED) is 0.581. The van der Waals surface area contributed by atoms with E-state index in [1.807, 2.05) is 24.3 Å². The molecule has 2 amide bonds. The normalized spacial score (nSPS) is 15.4. The highest BCUT2D eigenvalue weighted by Crippen LogP contribution is 2.29. The fourth-order valence-corrected chi connectivity index (χ4v) is 4.49. The van der Waals surface area contributed by atoms with Gasteiger partial charge in [-0.2, -0.15) is 0 Å². The van der Waals surface area contributed by atoms with Crippen LogP contribution in [0.5, 0.6) is 5.75 Å². The van der Waals surface area contributed by atoms with E-state index in [9.17, 15) is 13.6 Å². The molecule has 1 saturated heterocycles. The number of carbonyl (C=O) groups is 1. The van der Waals surface area contributed by atoms with E-state index in [1.165, 1.54) is 6.07 Å². The molecule has 0 unspecified atom stereocenters. The summed E-state index contributed by atoms with van der Waals surface area (Å²) in [5.74, 6) is 0.759. The number of amides is 2. The highest BCUT2D eigenvalue weighted by atomic mass is 19.1. The Balaban J connectivity index is 1.41. The Morgan fingerprint density at radius 2 is 1.94 bits per heavy atom. The van der Waals surface area contributed by atoms with Crippen molar-refractivity contribution < 1.29 is 23.0 Å². The molecule has 2 aliphatic rings. The number of morpholine rings is 1. The standard InChI is InChI=1S/C26H27F2N5O3/c1-35-19-4-2-3-17(13-19)14-24-29-22-7-8-33(26(34)30-23-6-5-18(27)15-21(23)28)16-20(22)25(31-24)32-9-11-36-12-10-32/h2-6,13,15H,7-12,14,16H2,1H3,(H,30,34). The van der Waals surface area contributed by atoms with Gasteiger partial charge in [0.05, 0.1) is 38.2 Å². The second kappa shape index (κ2) is 10.4. The molecule has 0 radical (unpaired) electrons. The van der Waals surface area contributed by atoms with Crippen LogP contribution < -0.4 is 15.0 Å². The molecule has 3 aromatic rings. The first-order valence-electron chi connectivity index (χ1n) is 11.9. The van der Waals surface area contributed by atoms with Crippen LogP contribution in [0.3, 0.4) is 0 Å². The van der Waals surface area contributed by atoms with Crippen LogP contribution in [0.4, 0.5) is 25.1 Å². The molecule has 1 N–H and O–H groups in total. The van der Waals surface area contributed by atoms with Crippen LogP contribution in [0.2, 0.25) is 0 Å². The highest BCUT2D eigenvalue weighted by molar-refractivity contribution is 5.89. The van der Waals surface area contributed by atoms with Crippen LogP contribution in [-0.4, -0.2) is 60.9 Å². The number of benzene rings is 2. The van der Waals surface area contributed by atoms with E-state index < -0.39 is 17.7 Å². The van der Waals surface area contributed by atoms with Crippen LogP contribution in [0.15, 0.2) is 42.5 Å². The van der Waals surface area contributed by atoms with E-state index in [2.05, 4.69) is 10.2 Å². The van der Waals surface area contributed by atoms with Crippen LogP contribution >= 0.6 is 0 Å². The summed E-state index contributed by atoms with van der Waals surface area (Å²) in [6.07, 6.45) is 1.09. The SMILES string of the molecule is COc1cccc(Cc2nc3c(c(N4CCOCC4)n2)CN(C(=O)Nc2ccc(F)cc2F)CC3)c1. The zero-order valence-corrected chi connectivity index (χ0v) is 20.0. The molecule has 188 valence electrons. The molecule has 5 rings (SSSR count). The van der Waals surface area contributed by atoms with Gasteiger partial charge in [0.25, 0.3) is 0 Å². The predicted molar refractivity (Wildman–Crippen MR) is 130 cm³/mol. The number of urea groups is 1. The van der Waals surface area contributed by atoms with Crippen molar-refractivity contribution in [3.8, 4) is 5.75 Å². The molecule has 0 aliphatic carbocycles. The van der Waals surface area contributed by atoms with Gasteiger partial charge >= 0.3 is 6.03 Å². The number of anilines is 2. The van der Waals surface area contributed by atoms with Gasteiger partial charge in [-0.1, -0.05) is 12.1 Å². The molecule has 3 heterocycles. The van der Waals surface area contributed by atoms with Gasteiger partial charge in [0.2, 0.25) is 0 Å². The Morgan fingerprint density at radius 1 is 1.11 bits per heavy atom. The first-order valence-corrected chi connectivity index (χ1v) is 11.9. The smallest absolute Gasteiger partial charge is 0.322 e. The molecule has 10 heteroatoms. The molecule has 0 bridgehead atoms. The van der Waals surface area contributed by atoms with Gasteiger partial charge in [0.1, 0.15) is 29.0 Å². The molecule has 0 saturated carbocycles. The third-order valence-corrected chi connectivity index (χ3v) is 6.35. The van der Waals surface area contributed by atoms with E-state index in [4.69, 9.17) is 19.4 Å². The van der Waals surface area contributed by atoms with Crippen LogP contribution in [0.25, 0.3) is 0 Å². The van der Waals surface area contributed by atoms with E-state index in [1.54, 1.807) is 12.0 Å². The molecule has 2 aromatic carbocycles. The Kier molecular flexibility index (Phi) is 6.95. The first kappa shape index (κ1) is 23.9. The third kappa shape index (κ3) is 5.23. The van der Waals surface area contributed by atoms with Crippen molar-refractivity contribution in [1.82, 2.24) is 14.9 Å². The summed E-state index contributed by atoms with van der Waals surface area (Å²) in [6.45, 7) is 3.27. The Morgan fingerprint density at radius 3 is 2.72 bits per heavy atom. The van der Waals surface area contributed by atoms with Crippen molar-refractivity contribution >= 4 is 17.5 Å². The number of nitrogens with zero attached hydrogens (tertiary/aromatic N) is 4. The number of hydrogen-bond donors (Lipinski definition) is 1. The first-order chi connectivity index (χ1) is 17.5. The van der Waals surface area contributed by atoms with Gasteiger partial charge in [-0.05, 0) is 29.8 Å². The summed E-state index contributed by atoms with van der Waals surface area (Å²) in [5, 5.41) is 2.55. The number of rotatable bonds is 5. The summed E-state index contributed by atoms with van der Waals surface area (Å²) in [5.41, 5.74) is 2.76. The number of halogens is 2. The van der Waals surface area contributed by atoms with Crippen LogP contribution in [-0.2, 0) is 24.1 Å². The van der Waals surface area contributed by atoms with Gasteiger partial charge in [0, 0.05) is 44.1 Å². The van der Waals surface area contributed by atoms with E-state index in [0.29, 0.717) is 51.5 Å². The summed E-state index contributed by atoms with van der Waals surface area (Å²) in [6, 6.07) is 10.4. The Bertz CT molecular complexity index is 1270. The lowest BCUT2D eigenvalue weighted by Gasteiger charge is -2.34. The Labute approximate surface area is 207 Å². The number of nitrogens with one attached hydrogen (secondary N) is 1. The number of methoxy groups -OCH3 is 1. The number of ether oxygens (including phenoxy) is 2. The topological polar surface area (TPSA) is 79.8 Å². The largest absolute Gasteiger partial charge is 0.497 e. The summed E-state index contributed by atoms with van der Waals surface area (Å²) >= 11 is 0. The van der Waals surface area contributed by atoms with Gasteiger partial charge in [-0.3, -0.25) is 0 Å². The molecule has 0 atom stereocenters. The van der Waals surface area contributed by atoms with Gasteiger partial charge in [0.15, 0.2) is 0 Å². The summed E-state index contributed by atoms with van der Waals surface area (Å²) in [4.78, 5) is 26.5. The Hall–Kier alpha value is -3.79. The van der Waals surface area contributed by atoms with Crippen molar-refractivity contribution in [2.45, 2.75) is 19.4 Å². The average molecular weight is 496 g/mol. The number of aromatic nitrogens is 2. The zero-order valence-electron chi connectivity index (χ0n) is 20.0. The molecular weight excluding hydrogens is 468 g/mol. The van der Waals surface area contributed by atoms with Crippen molar-refractivity contribution in [1.29, 1.82) is 0 Å². The lowest BCUT2D eigenvalue weighted by atomic mass is 10.0. The maximum Gasteiger partial charge on any atom is 0.322 e. The lowest BCUT2D eigenvalue weighted by molar-refractivity contribution is 0.122. The second-order valence-electron chi connectivity index (χ2n) is 8.74. The second-order valence-corrected chi connectivity index (χ2v) is 8.74. The highest BCUT2D eigenvalue weighted by Gasteiger charge is 2.29. The van der Waals surface area contributed by atoms with Crippen molar-refractivity contribution in [2.24, 2.45) is 0 Å². The van der Waals surface area contributed by atoms with E-state index in [-0.39, 0.29) is 12.2 Å². The molecular formula is C26H27F2N5O3. The zero-order chi connectivity index (χ0) is 25.1. The maximum atomic E-state index is 14.1. The molecule has 1 aromatic heterocycles. The lowest BCUT2D eigenvalue weighted by Crippen LogP contribution is -2.42. The molecule has 36 heavy (non-hydrogen) atoms. The van der Waals surface area contributed by atoms with Gasteiger partial charge in [-0.25, -0.2) is 23.5 Å². The number of fused-ring (bicyclic) bond motifs is 1. The van der Waals surface area contributed by atoms with E-state index >= 15 is 0 Å². The van der Waals surface area contributed by atoms with E-state index in [0.717, 1.165) is 40.5 Å². The van der Waals surface area contributed by atoms with Crippen LogP contribution in [0.1, 0.15) is 22.6 Å². The minimum atomic E-state index is -0.819. The third-order valence-electron chi connectivity index (χ3n) is 6.35. The van der Waals surface area contributed by atoms with Gasteiger partial charge in [-0.15, -0.1) is 0 Å². The fraction of sp³-hybridized carbons (Fsp3) is 0.346. The maximum absolute atomic E-state index is 14.1. The number of hydrogen-bond acceptors (Lipinski definition) is 6. The average Bonchev–Trinajstić information content (AvgIpc) is 2.90. The molecule has 8 nitrogen and oxygen atoms in total. The molecule has 1 fully saturated rings. The number of carbonyl (C=O) groups excluding carboxylic acids is 1. The molecule has 0 spiro atoms. The fourth-order valence-electron chi connectivity index (χ4n) is 4.49. The summed E-state index contributed by atoms with van der Waals surface area (Å²) < 4.78 is 38.2. The summed E-state index contributed by atoms with van der Waals surface area (Å²) in [7, 11) is 1.64. The van der Waals surface area contributed by atoms with Crippen molar-refractivity contribution in [2.75, 3.05) is 50.2 Å². The molecule has 2 aliphatic heterocycles. The van der Waals surface area contributed by atoms with Crippen molar-refractivity contribution in [3.63, 3.8) is 0 Å². The monoisotopic (exact) mass is 495 g/mol. The van der Waals surface area contributed by atoms with Crippen LogP contribution in [0, 0.1) is 11.6 Å². The van der Waals surface area contributed by atoms with Crippen molar-refractivity contribution in [3.05, 3.63) is 76.7 Å².